The van der Waals surface area contributed by atoms with Gasteiger partial charge < -0.3 is 19.2 Å². The molecular weight excluding hydrogens is 400 g/mol. The average molecular weight is 416 g/mol. The van der Waals surface area contributed by atoms with Gasteiger partial charge in [-0.25, -0.2) is 4.98 Å². The fourth-order valence-corrected chi connectivity index (χ4v) is 4.39. The maximum atomic E-state index is 12.5. The Morgan fingerprint density at radius 2 is 2.32 bits per heavy atom. The van der Waals surface area contributed by atoms with Gasteiger partial charge in [0.25, 0.3) is 5.56 Å². The number of fused-ring (bicyclic) bond motifs is 1. The minimum atomic E-state index is -0.188. The number of hydrogen-bond donors (Lipinski definition) is 2. The van der Waals surface area contributed by atoms with Gasteiger partial charge in [0.1, 0.15) is 22.2 Å². The van der Waals surface area contributed by atoms with E-state index in [1.54, 1.807) is 25.3 Å². The van der Waals surface area contributed by atoms with E-state index in [-0.39, 0.29) is 11.5 Å². The van der Waals surface area contributed by atoms with Crippen LogP contribution in [-0.2, 0) is 10.5 Å². The summed E-state index contributed by atoms with van der Waals surface area (Å²) in [5.41, 5.74) is 0.560. The smallest absolute Gasteiger partial charge is 0.260 e. The molecule has 8 nitrogen and oxygen atoms in total. The number of aromatic amines is 1. The van der Waals surface area contributed by atoms with Gasteiger partial charge in [-0.3, -0.25) is 9.59 Å². The van der Waals surface area contributed by atoms with Gasteiger partial charge in [0.2, 0.25) is 5.91 Å². The predicted octanol–water partition coefficient (Wildman–Crippen LogP) is 3.80. The number of carbonyl (C=O) groups is 1. The van der Waals surface area contributed by atoms with Crippen LogP contribution >= 0.6 is 23.1 Å². The summed E-state index contributed by atoms with van der Waals surface area (Å²) in [6, 6.07) is 5.26. The average Bonchev–Trinajstić information content (AvgIpc) is 3.39. The number of nitrogens with one attached hydrogen (secondary N) is 2. The van der Waals surface area contributed by atoms with Crippen LogP contribution in [0.1, 0.15) is 18.0 Å². The Morgan fingerprint density at radius 3 is 3.07 bits per heavy atom. The molecule has 1 amide bonds. The summed E-state index contributed by atoms with van der Waals surface area (Å²) in [6.07, 6.45) is 1.90. The van der Waals surface area contributed by atoms with Crippen molar-refractivity contribution in [2.45, 2.75) is 19.1 Å². The second-order valence-electron chi connectivity index (χ2n) is 5.99. The number of carbonyl (C=O) groups excluding carboxylic acids is 1. The lowest BCUT2D eigenvalue weighted by Gasteiger charge is -2.03. The highest BCUT2D eigenvalue weighted by molar-refractivity contribution is 7.98. The zero-order chi connectivity index (χ0) is 19.5. The molecule has 0 radical (unpaired) electrons. The highest BCUT2D eigenvalue weighted by Crippen LogP contribution is 2.31. The molecule has 0 atom stereocenters. The molecule has 0 unspecified atom stereocenters. The van der Waals surface area contributed by atoms with Crippen LogP contribution in [0.4, 0.5) is 5.82 Å². The molecule has 2 N–H and O–H groups in total. The number of thiophene rings is 1. The molecule has 0 aromatic carbocycles. The molecule has 4 aromatic rings. The topological polar surface area (TPSA) is 114 Å². The zero-order valence-corrected chi connectivity index (χ0v) is 16.5. The van der Waals surface area contributed by atoms with Crippen molar-refractivity contribution in [3.05, 3.63) is 51.8 Å². The van der Waals surface area contributed by atoms with Crippen molar-refractivity contribution in [1.82, 2.24) is 15.1 Å². The quantitative estimate of drug-likeness (QED) is 0.440. The van der Waals surface area contributed by atoms with Crippen LogP contribution in [-0.4, -0.2) is 26.8 Å². The molecule has 0 saturated heterocycles. The maximum absolute atomic E-state index is 12.5. The van der Waals surface area contributed by atoms with E-state index in [1.807, 2.05) is 11.4 Å². The van der Waals surface area contributed by atoms with Crippen LogP contribution in [0.2, 0.25) is 0 Å². The fourth-order valence-electron chi connectivity index (χ4n) is 2.64. The van der Waals surface area contributed by atoms with Crippen LogP contribution in [0.3, 0.4) is 0 Å². The number of amides is 1. The minimum Gasteiger partial charge on any atom is -0.464 e. The molecular formula is C18H16N4O4S2. The lowest BCUT2D eigenvalue weighted by atomic mass is 10.2. The van der Waals surface area contributed by atoms with Crippen molar-refractivity contribution in [3.8, 4) is 11.3 Å². The highest BCUT2D eigenvalue weighted by atomic mass is 32.2. The van der Waals surface area contributed by atoms with Crippen LogP contribution in [0.5, 0.6) is 0 Å². The summed E-state index contributed by atoms with van der Waals surface area (Å²) in [6.45, 7) is 1.76. The largest absolute Gasteiger partial charge is 0.464 e. The van der Waals surface area contributed by atoms with Gasteiger partial charge in [-0.15, -0.1) is 11.3 Å². The van der Waals surface area contributed by atoms with E-state index in [0.29, 0.717) is 51.3 Å². The van der Waals surface area contributed by atoms with Crippen molar-refractivity contribution in [1.29, 1.82) is 0 Å². The van der Waals surface area contributed by atoms with Gasteiger partial charge in [-0.2, -0.15) is 11.8 Å². The van der Waals surface area contributed by atoms with Gasteiger partial charge in [0.15, 0.2) is 5.82 Å². The number of rotatable bonds is 7. The van der Waals surface area contributed by atoms with E-state index in [4.69, 9.17) is 8.94 Å². The summed E-state index contributed by atoms with van der Waals surface area (Å²) >= 11 is 2.93. The first-order valence-corrected chi connectivity index (χ1v) is 10.5. The molecule has 0 aliphatic rings. The molecule has 4 rings (SSSR count). The number of H-pyrrole nitrogens is 1. The molecule has 28 heavy (non-hydrogen) atoms. The molecule has 144 valence electrons. The number of furan rings is 1. The van der Waals surface area contributed by atoms with E-state index in [0.717, 1.165) is 5.56 Å². The van der Waals surface area contributed by atoms with Gasteiger partial charge in [0.05, 0.1) is 17.4 Å². The summed E-state index contributed by atoms with van der Waals surface area (Å²) in [4.78, 5) is 32.4. The van der Waals surface area contributed by atoms with Crippen LogP contribution < -0.4 is 10.9 Å². The molecule has 4 aromatic heterocycles. The number of aryl methyl sites for hydroxylation is 1. The van der Waals surface area contributed by atoms with Crippen molar-refractivity contribution in [2.75, 3.05) is 11.1 Å². The van der Waals surface area contributed by atoms with Crippen molar-refractivity contribution in [2.24, 2.45) is 0 Å². The Labute approximate surface area is 167 Å². The second-order valence-corrected chi connectivity index (χ2v) is 7.96. The van der Waals surface area contributed by atoms with E-state index < -0.39 is 0 Å². The number of hydrogen-bond acceptors (Lipinski definition) is 8. The Balaban J connectivity index is 1.35. The van der Waals surface area contributed by atoms with Crippen LogP contribution in [0, 0.1) is 6.92 Å². The van der Waals surface area contributed by atoms with E-state index in [9.17, 15) is 9.59 Å². The lowest BCUT2D eigenvalue weighted by Crippen LogP contribution is -2.13. The first-order chi connectivity index (χ1) is 13.6. The number of thioether (sulfide) groups is 1. The third kappa shape index (κ3) is 4.02. The predicted molar refractivity (Wildman–Crippen MR) is 109 cm³/mol. The van der Waals surface area contributed by atoms with Crippen LogP contribution in [0.15, 0.2) is 43.6 Å². The zero-order valence-electron chi connectivity index (χ0n) is 14.9. The third-order valence-electron chi connectivity index (χ3n) is 3.89. The highest BCUT2D eigenvalue weighted by Gasteiger charge is 2.14. The van der Waals surface area contributed by atoms with Crippen molar-refractivity contribution >= 4 is 45.0 Å². The lowest BCUT2D eigenvalue weighted by molar-refractivity contribution is -0.115. The Bertz CT molecular complexity index is 1160. The number of aromatic nitrogens is 3. The van der Waals surface area contributed by atoms with Gasteiger partial charge in [0, 0.05) is 29.2 Å². The minimum absolute atomic E-state index is 0.140. The fraction of sp³-hybridized carbons (Fsp3) is 0.222. The third-order valence-corrected chi connectivity index (χ3v) is 5.73. The van der Waals surface area contributed by atoms with E-state index in [1.165, 1.54) is 23.1 Å². The van der Waals surface area contributed by atoms with Gasteiger partial charge in [-0.05, 0) is 19.1 Å². The standard InChI is InChI=1S/C18H16N4O4S2/c1-10-7-13(22-26-10)19-15(23)4-6-27-9-14-20-17(24)16-11(8-28-18(16)21-14)12-3-2-5-25-12/h2-3,5,7-8H,4,6,9H2,1H3,(H,19,22,23)(H,20,21,24). The summed E-state index contributed by atoms with van der Waals surface area (Å²) in [5.74, 6) is 3.24. The normalized spacial score (nSPS) is 11.2. The summed E-state index contributed by atoms with van der Waals surface area (Å²) in [7, 11) is 0. The Morgan fingerprint density at radius 1 is 1.43 bits per heavy atom. The molecule has 0 saturated carbocycles. The molecule has 10 heteroatoms. The van der Waals surface area contributed by atoms with Crippen molar-refractivity contribution in [3.63, 3.8) is 0 Å². The summed E-state index contributed by atoms with van der Waals surface area (Å²) < 4.78 is 10.3. The molecule has 0 aliphatic heterocycles. The van der Waals surface area contributed by atoms with E-state index >= 15 is 0 Å². The first kappa shape index (κ1) is 18.5. The Kier molecular flexibility index (Phi) is 5.31. The summed E-state index contributed by atoms with van der Waals surface area (Å²) in [5, 5.41) is 8.81. The molecule has 0 spiro atoms. The first-order valence-electron chi connectivity index (χ1n) is 8.45. The monoisotopic (exact) mass is 416 g/mol. The van der Waals surface area contributed by atoms with E-state index in [2.05, 4.69) is 20.4 Å². The van der Waals surface area contributed by atoms with Crippen molar-refractivity contribution < 1.29 is 13.7 Å². The maximum Gasteiger partial charge on any atom is 0.260 e. The Hall–Kier alpha value is -2.85. The molecule has 0 fully saturated rings. The van der Waals surface area contributed by atoms with Gasteiger partial charge in [-0.1, -0.05) is 5.16 Å². The SMILES string of the molecule is Cc1cc(NC(=O)CCSCc2nc3scc(-c4ccco4)c3c(=O)[nH]2)no1. The number of anilines is 1. The second kappa shape index (κ2) is 8.03. The van der Waals surface area contributed by atoms with Crippen LogP contribution in [0.25, 0.3) is 21.5 Å². The molecule has 0 aliphatic carbocycles. The molecule has 0 bridgehead atoms. The number of nitrogens with zero attached hydrogens (tertiary/aromatic N) is 2. The van der Waals surface area contributed by atoms with Gasteiger partial charge >= 0.3 is 0 Å². The molecule has 4 heterocycles.